The van der Waals surface area contributed by atoms with Crippen LogP contribution in [0.5, 0.6) is 0 Å². The number of rotatable bonds is 5. The van der Waals surface area contributed by atoms with Crippen LogP contribution >= 0.6 is 35.3 Å². The van der Waals surface area contributed by atoms with E-state index in [-0.39, 0.29) is 24.0 Å². The summed E-state index contributed by atoms with van der Waals surface area (Å²) in [6, 6.07) is 3.98. The van der Waals surface area contributed by atoms with Crippen LogP contribution in [0.2, 0.25) is 0 Å². The van der Waals surface area contributed by atoms with Crippen molar-refractivity contribution in [2.24, 2.45) is 10.9 Å². The van der Waals surface area contributed by atoms with E-state index in [9.17, 15) is 0 Å². The summed E-state index contributed by atoms with van der Waals surface area (Å²) >= 11 is 1.62. The van der Waals surface area contributed by atoms with Gasteiger partial charge in [-0.2, -0.15) is 0 Å². The molecule has 0 aromatic carbocycles. The fourth-order valence-corrected chi connectivity index (χ4v) is 2.25. The second-order valence-electron chi connectivity index (χ2n) is 4.82. The van der Waals surface area contributed by atoms with Crippen molar-refractivity contribution < 1.29 is 4.42 Å². The van der Waals surface area contributed by atoms with E-state index >= 15 is 0 Å². The van der Waals surface area contributed by atoms with E-state index in [1.807, 2.05) is 17.5 Å². The number of hydrogen-bond donors (Lipinski definition) is 2. The number of nitrogens with zero attached hydrogens (tertiary/aromatic N) is 2. The molecule has 0 aliphatic carbocycles. The third kappa shape index (κ3) is 5.66. The van der Waals surface area contributed by atoms with Crippen molar-refractivity contribution >= 4 is 41.3 Å². The Kier molecular flexibility index (Phi) is 7.73. The third-order valence-electron chi connectivity index (χ3n) is 2.62. The maximum atomic E-state index is 5.47. The molecule has 0 saturated carbocycles. The Morgan fingerprint density at radius 3 is 2.86 bits per heavy atom. The zero-order chi connectivity index (χ0) is 14.4. The summed E-state index contributed by atoms with van der Waals surface area (Å²) < 4.78 is 5.47. The number of halogens is 1. The van der Waals surface area contributed by atoms with Gasteiger partial charge in [0, 0.05) is 13.6 Å². The highest BCUT2D eigenvalue weighted by Crippen LogP contribution is 2.23. The van der Waals surface area contributed by atoms with Gasteiger partial charge in [-0.05, 0) is 17.4 Å². The molecule has 21 heavy (non-hydrogen) atoms. The lowest BCUT2D eigenvalue weighted by molar-refractivity contribution is 0.573. The summed E-state index contributed by atoms with van der Waals surface area (Å²) in [5.74, 6) is 2.02. The summed E-state index contributed by atoms with van der Waals surface area (Å²) in [4.78, 5) is 9.66. The Morgan fingerprint density at radius 1 is 1.43 bits per heavy atom. The predicted molar refractivity (Wildman–Crippen MR) is 98.3 cm³/mol. The van der Waals surface area contributed by atoms with E-state index in [1.165, 1.54) is 0 Å². The molecular formula is C14H21IN4OS. The zero-order valence-electron chi connectivity index (χ0n) is 12.4. The number of thiophene rings is 1. The average molecular weight is 420 g/mol. The highest BCUT2D eigenvalue weighted by Gasteiger charge is 2.08. The highest BCUT2D eigenvalue weighted by molar-refractivity contribution is 14.0. The minimum absolute atomic E-state index is 0. The van der Waals surface area contributed by atoms with Crippen molar-refractivity contribution in [3.8, 4) is 10.8 Å². The van der Waals surface area contributed by atoms with E-state index in [2.05, 4.69) is 34.5 Å². The number of guanidine groups is 1. The zero-order valence-corrected chi connectivity index (χ0v) is 15.6. The first-order valence-electron chi connectivity index (χ1n) is 6.62. The van der Waals surface area contributed by atoms with E-state index in [4.69, 9.17) is 4.42 Å². The molecule has 116 valence electrons. The van der Waals surface area contributed by atoms with Crippen LogP contribution in [0.4, 0.5) is 0 Å². The van der Waals surface area contributed by atoms with E-state index in [0.717, 1.165) is 23.1 Å². The maximum Gasteiger partial charge on any atom is 0.236 e. The molecule has 0 aliphatic heterocycles. The first-order chi connectivity index (χ1) is 9.69. The first kappa shape index (κ1) is 18.0. The minimum atomic E-state index is 0. The molecule has 0 bridgehead atoms. The van der Waals surface area contributed by atoms with Gasteiger partial charge in [-0.1, -0.05) is 19.9 Å². The molecule has 0 saturated heterocycles. The lowest BCUT2D eigenvalue weighted by Gasteiger charge is -2.12. The van der Waals surface area contributed by atoms with E-state index < -0.39 is 0 Å². The first-order valence-corrected chi connectivity index (χ1v) is 7.49. The molecule has 2 aromatic rings. The molecular weight excluding hydrogens is 399 g/mol. The van der Waals surface area contributed by atoms with Gasteiger partial charge < -0.3 is 15.1 Å². The molecule has 0 spiro atoms. The van der Waals surface area contributed by atoms with Gasteiger partial charge in [-0.15, -0.1) is 35.3 Å². The van der Waals surface area contributed by atoms with Gasteiger partial charge in [-0.25, -0.2) is 4.98 Å². The Morgan fingerprint density at radius 2 is 2.24 bits per heavy atom. The molecule has 2 N–H and O–H groups in total. The molecule has 0 radical (unpaired) electrons. The summed E-state index contributed by atoms with van der Waals surface area (Å²) in [6.07, 6.45) is 1.68. The Labute approximate surface area is 146 Å². The second kappa shape index (κ2) is 9.04. The fourth-order valence-electron chi connectivity index (χ4n) is 1.60. The second-order valence-corrected chi connectivity index (χ2v) is 5.77. The van der Waals surface area contributed by atoms with Gasteiger partial charge in [0.2, 0.25) is 5.89 Å². The lowest BCUT2D eigenvalue weighted by atomic mass is 10.2. The smallest absolute Gasteiger partial charge is 0.236 e. The number of nitrogens with one attached hydrogen (secondary N) is 2. The normalized spacial score (nSPS) is 11.3. The van der Waals surface area contributed by atoms with Gasteiger partial charge in [0.05, 0.1) is 17.1 Å². The molecule has 2 rings (SSSR count). The number of hydrogen-bond acceptors (Lipinski definition) is 4. The minimum Gasteiger partial charge on any atom is -0.443 e. The lowest BCUT2D eigenvalue weighted by Crippen LogP contribution is -2.38. The summed E-state index contributed by atoms with van der Waals surface area (Å²) in [6.45, 7) is 5.79. The van der Waals surface area contributed by atoms with Crippen molar-refractivity contribution in [3.05, 3.63) is 29.5 Å². The largest absolute Gasteiger partial charge is 0.443 e. The van der Waals surface area contributed by atoms with Gasteiger partial charge >= 0.3 is 0 Å². The summed E-state index contributed by atoms with van der Waals surface area (Å²) in [5.41, 5.74) is 0.862. The number of oxazole rings is 1. The van der Waals surface area contributed by atoms with Crippen LogP contribution < -0.4 is 10.6 Å². The SMILES string of the molecule is CN=C(NCc1coc(-c2cccs2)n1)NCC(C)C.I. The monoisotopic (exact) mass is 420 g/mol. The third-order valence-corrected chi connectivity index (χ3v) is 3.48. The van der Waals surface area contributed by atoms with Crippen molar-refractivity contribution in [2.45, 2.75) is 20.4 Å². The van der Waals surface area contributed by atoms with Crippen LogP contribution in [0.1, 0.15) is 19.5 Å². The van der Waals surface area contributed by atoms with Crippen LogP contribution in [-0.4, -0.2) is 24.5 Å². The van der Waals surface area contributed by atoms with Crippen LogP contribution in [0, 0.1) is 5.92 Å². The Bertz CT molecular complexity index is 551. The van der Waals surface area contributed by atoms with Gasteiger partial charge in [0.1, 0.15) is 6.26 Å². The molecule has 0 fully saturated rings. The van der Waals surface area contributed by atoms with Crippen molar-refractivity contribution in [3.63, 3.8) is 0 Å². The number of aliphatic imine (C=N–C) groups is 1. The Balaban J connectivity index is 0.00000220. The topological polar surface area (TPSA) is 62.5 Å². The maximum absolute atomic E-state index is 5.47. The molecule has 7 heteroatoms. The van der Waals surface area contributed by atoms with Crippen LogP contribution in [0.3, 0.4) is 0 Å². The quantitative estimate of drug-likeness (QED) is 0.443. The van der Waals surface area contributed by atoms with Gasteiger partial charge in [0.25, 0.3) is 0 Å². The molecule has 0 unspecified atom stereocenters. The fraction of sp³-hybridized carbons (Fsp3) is 0.429. The molecule has 0 amide bonds. The van der Waals surface area contributed by atoms with Crippen LogP contribution in [-0.2, 0) is 6.54 Å². The molecule has 5 nitrogen and oxygen atoms in total. The highest BCUT2D eigenvalue weighted by atomic mass is 127. The van der Waals surface area contributed by atoms with E-state index in [1.54, 1.807) is 24.6 Å². The predicted octanol–water partition coefficient (Wildman–Crippen LogP) is 3.34. The van der Waals surface area contributed by atoms with Crippen molar-refractivity contribution in [1.29, 1.82) is 0 Å². The van der Waals surface area contributed by atoms with E-state index in [0.29, 0.717) is 18.4 Å². The summed E-state index contributed by atoms with van der Waals surface area (Å²) in [5, 5.41) is 8.48. The van der Waals surface area contributed by atoms with Gasteiger partial charge in [0.15, 0.2) is 5.96 Å². The van der Waals surface area contributed by atoms with Crippen LogP contribution in [0.25, 0.3) is 10.8 Å². The standard InChI is InChI=1S/C14H20N4OS.HI/c1-10(2)7-16-14(15-3)17-8-11-9-19-13(18-11)12-5-4-6-20-12;/h4-6,9-10H,7-8H2,1-3H3,(H2,15,16,17);1H. The van der Waals surface area contributed by atoms with Crippen LogP contribution in [0.15, 0.2) is 33.2 Å². The molecule has 2 heterocycles. The van der Waals surface area contributed by atoms with Crippen molar-refractivity contribution in [2.75, 3.05) is 13.6 Å². The van der Waals surface area contributed by atoms with Gasteiger partial charge in [-0.3, -0.25) is 4.99 Å². The molecule has 0 aliphatic rings. The van der Waals surface area contributed by atoms with Crippen molar-refractivity contribution in [1.82, 2.24) is 15.6 Å². The Hall–Kier alpha value is -1.09. The molecule has 0 atom stereocenters. The molecule has 2 aromatic heterocycles. The summed E-state index contributed by atoms with van der Waals surface area (Å²) in [7, 11) is 1.76. The average Bonchev–Trinajstić information content (AvgIpc) is 3.09. The number of aromatic nitrogens is 1.